The lowest BCUT2D eigenvalue weighted by Gasteiger charge is -2.13. The maximum Gasteiger partial charge on any atom is 0.255 e. The van der Waals surface area contributed by atoms with Crippen LogP contribution in [0.2, 0.25) is 0 Å². The Bertz CT molecular complexity index is 1030. The molecule has 2 rings (SSSR count). The van der Waals surface area contributed by atoms with Gasteiger partial charge in [-0.15, -0.1) is 0 Å². The van der Waals surface area contributed by atoms with E-state index in [0.717, 1.165) is 12.0 Å². The Hall–Kier alpha value is -3.15. The second kappa shape index (κ2) is 15.0. The van der Waals surface area contributed by atoms with Gasteiger partial charge in [-0.2, -0.15) is 0 Å². The summed E-state index contributed by atoms with van der Waals surface area (Å²) >= 11 is 0. The van der Waals surface area contributed by atoms with Crippen LogP contribution in [-0.4, -0.2) is 23.3 Å². The predicted molar refractivity (Wildman–Crippen MR) is 138 cm³/mol. The molecular weight excluding hydrogens is 445 g/mol. The molecule has 0 bridgehead atoms. The summed E-state index contributed by atoms with van der Waals surface area (Å²) in [5, 5.41) is 2.75. The lowest BCUT2D eigenvalue weighted by molar-refractivity contribution is -0.121. The van der Waals surface area contributed by atoms with Gasteiger partial charge in [-0.1, -0.05) is 40.7 Å². The van der Waals surface area contributed by atoms with Crippen molar-refractivity contribution in [2.45, 2.75) is 73.6 Å². The molecule has 0 aliphatic heterocycles. The molecule has 0 spiro atoms. The van der Waals surface area contributed by atoms with Gasteiger partial charge in [0.1, 0.15) is 17.4 Å². The van der Waals surface area contributed by atoms with E-state index in [1.807, 2.05) is 40.7 Å². The van der Waals surface area contributed by atoms with Crippen LogP contribution in [0.15, 0.2) is 42.5 Å². The first-order chi connectivity index (χ1) is 16.5. The van der Waals surface area contributed by atoms with Crippen molar-refractivity contribution in [2.24, 2.45) is 11.8 Å². The predicted octanol–water partition coefficient (Wildman–Crippen LogP) is 6.84. The highest BCUT2D eigenvalue weighted by Crippen LogP contribution is 2.21. The van der Waals surface area contributed by atoms with Crippen molar-refractivity contribution in [1.82, 2.24) is 0 Å². The molecule has 0 aliphatic carbocycles. The molecule has 190 valence electrons. The lowest BCUT2D eigenvalue weighted by atomic mass is 9.92. The Labute approximate surface area is 208 Å². The number of benzene rings is 2. The van der Waals surface area contributed by atoms with Crippen molar-refractivity contribution in [1.29, 1.82) is 0 Å². The van der Waals surface area contributed by atoms with Crippen molar-refractivity contribution in [2.75, 3.05) is 5.32 Å². The zero-order chi connectivity index (χ0) is 26.5. The largest absolute Gasteiger partial charge is 0.322 e. The molecule has 0 aliphatic rings. The second-order valence-electron chi connectivity index (χ2n) is 8.81. The standard InChI is InChI=1S/C20H22FNO2.C9H16O2/c1-4-13(3)19(23)18-10-9-17(12-14(18)5-2)22-20(24)15-7-6-8-16(21)11-15;1-4-9(11)6-5-7(2)8(3)10/h6-13H,4-5H2,1-3H3,(H,22,24);7H,4-6H2,1-3H3. The molecule has 0 aromatic heterocycles. The molecule has 35 heavy (non-hydrogen) atoms. The quantitative estimate of drug-likeness (QED) is 0.355. The minimum absolute atomic E-state index is 0.0250. The monoisotopic (exact) mass is 483 g/mol. The van der Waals surface area contributed by atoms with Gasteiger partial charge in [-0.3, -0.25) is 19.2 Å². The number of ketones is 3. The molecule has 2 unspecified atom stereocenters. The summed E-state index contributed by atoms with van der Waals surface area (Å²) in [5.41, 5.74) is 2.46. The molecule has 6 heteroatoms. The number of nitrogens with one attached hydrogen (secondary N) is 1. The first-order valence-corrected chi connectivity index (χ1v) is 12.3. The number of hydrogen-bond acceptors (Lipinski definition) is 4. The third kappa shape index (κ3) is 9.93. The maximum absolute atomic E-state index is 13.2. The van der Waals surface area contributed by atoms with E-state index in [1.165, 1.54) is 18.2 Å². The Morgan fingerprint density at radius 2 is 1.63 bits per heavy atom. The fourth-order valence-electron chi connectivity index (χ4n) is 3.25. The molecule has 1 N–H and O–H groups in total. The molecule has 2 aromatic rings. The summed E-state index contributed by atoms with van der Waals surface area (Å²) in [6.07, 6.45) is 3.34. The van der Waals surface area contributed by atoms with Crippen molar-refractivity contribution in [3.63, 3.8) is 0 Å². The van der Waals surface area contributed by atoms with E-state index >= 15 is 0 Å². The zero-order valence-electron chi connectivity index (χ0n) is 21.7. The van der Waals surface area contributed by atoms with E-state index < -0.39 is 5.82 Å². The Kier molecular flexibility index (Phi) is 12.8. The number of carbonyl (C=O) groups excluding carboxylic acids is 4. The third-order valence-electron chi connectivity index (χ3n) is 6.10. The highest BCUT2D eigenvalue weighted by atomic mass is 19.1. The van der Waals surface area contributed by atoms with Gasteiger partial charge in [0.25, 0.3) is 5.91 Å². The average Bonchev–Trinajstić information content (AvgIpc) is 2.86. The van der Waals surface area contributed by atoms with Crippen LogP contribution in [0.5, 0.6) is 0 Å². The molecule has 2 aromatic carbocycles. The van der Waals surface area contributed by atoms with Gasteiger partial charge in [0.15, 0.2) is 5.78 Å². The smallest absolute Gasteiger partial charge is 0.255 e. The van der Waals surface area contributed by atoms with Crippen molar-refractivity contribution in [3.05, 3.63) is 65.0 Å². The number of rotatable bonds is 11. The van der Waals surface area contributed by atoms with Crippen molar-refractivity contribution >= 4 is 28.9 Å². The topological polar surface area (TPSA) is 80.3 Å². The number of halogens is 1. The van der Waals surface area contributed by atoms with E-state index in [2.05, 4.69) is 5.32 Å². The van der Waals surface area contributed by atoms with Crippen LogP contribution in [0.1, 0.15) is 93.5 Å². The molecule has 0 fully saturated rings. The minimum Gasteiger partial charge on any atom is -0.322 e. The summed E-state index contributed by atoms with van der Waals surface area (Å²) in [5.74, 6) is -0.262. The maximum atomic E-state index is 13.2. The number of hydrogen-bond donors (Lipinski definition) is 1. The zero-order valence-corrected chi connectivity index (χ0v) is 21.7. The Morgan fingerprint density at radius 3 is 2.17 bits per heavy atom. The summed E-state index contributed by atoms with van der Waals surface area (Å²) in [4.78, 5) is 46.2. The molecule has 0 saturated carbocycles. The summed E-state index contributed by atoms with van der Waals surface area (Å²) in [6.45, 7) is 11.2. The van der Waals surface area contributed by atoms with Crippen LogP contribution in [0.4, 0.5) is 10.1 Å². The van der Waals surface area contributed by atoms with Gasteiger partial charge in [0.05, 0.1) is 0 Å². The van der Waals surface area contributed by atoms with Gasteiger partial charge in [-0.05, 0) is 68.1 Å². The van der Waals surface area contributed by atoms with Gasteiger partial charge in [0, 0.05) is 41.5 Å². The number of aryl methyl sites for hydroxylation is 1. The van der Waals surface area contributed by atoms with E-state index in [9.17, 15) is 23.6 Å². The van der Waals surface area contributed by atoms with Crippen LogP contribution >= 0.6 is 0 Å². The van der Waals surface area contributed by atoms with Gasteiger partial charge < -0.3 is 5.32 Å². The summed E-state index contributed by atoms with van der Waals surface area (Å²) in [6, 6.07) is 10.8. The van der Waals surface area contributed by atoms with Crippen molar-refractivity contribution in [3.8, 4) is 0 Å². The second-order valence-corrected chi connectivity index (χ2v) is 8.81. The first kappa shape index (κ1) is 29.9. The van der Waals surface area contributed by atoms with E-state index in [1.54, 1.807) is 25.1 Å². The molecule has 1 amide bonds. The van der Waals surface area contributed by atoms with Crippen LogP contribution in [-0.2, 0) is 16.0 Å². The lowest BCUT2D eigenvalue weighted by Crippen LogP contribution is -2.15. The molecule has 0 saturated heterocycles. The van der Waals surface area contributed by atoms with Crippen LogP contribution < -0.4 is 5.32 Å². The molecular formula is C29H38FNO4. The van der Waals surface area contributed by atoms with Gasteiger partial charge in [-0.25, -0.2) is 4.39 Å². The average molecular weight is 484 g/mol. The third-order valence-corrected chi connectivity index (χ3v) is 6.10. The van der Waals surface area contributed by atoms with Crippen LogP contribution in [0.25, 0.3) is 0 Å². The van der Waals surface area contributed by atoms with E-state index in [-0.39, 0.29) is 40.7 Å². The highest BCUT2D eigenvalue weighted by Gasteiger charge is 2.17. The molecule has 5 nitrogen and oxygen atoms in total. The first-order valence-electron chi connectivity index (χ1n) is 12.3. The minimum atomic E-state index is -0.452. The number of amides is 1. The summed E-state index contributed by atoms with van der Waals surface area (Å²) in [7, 11) is 0. The van der Waals surface area contributed by atoms with Crippen molar-refractivity contribution < 1.29 is 23.6 Å². The molecule has 2 atom stereocenters. The SMILES string of the molecule is CCC(=O)CCC(C)C(C)=O.CCc1cc(NC(=O)c2cccc(F)c2)ccc1C(=O)C(C)CC. The van der Waals surface area contributed by atoms with Crippen LogP contribution in [0, 0.1) is 17.7 Å². The van der Waals surface area contributed by atoms with E-state index in [4.69, 9.17) is 0 Å². The fraction of sp³-hybridized carbons (Fsp3) is 0.448. The number of anilines is 1. The highest BCUT2D eigenvalue weighted by molar-refractivity contribution is 6.05. The van der Waals surface area contributed by atoms with Gasteiger partial charge >= 0.3 is 0 Å². The Balaban J connectivity index is 0.000000471. The fourth-order valence-corrected chi connectivity index (χ4v) is 3.25. The Morgan fingerprint density at radius 1 is 0.943 bits per heavy atom. The molecule has 0 radical (unpaired) electrons. The normalized spacial score (nSPS) is 12.1. The van der Waals surface area contributed by atoms with Crippen LogP contribution in [0.3, 0.4) is 0 Å². The summed E-state index contributed by atoms with van der Waals surface area (Å²) < 4.78 is 13.2. The number of carbonyl (C=O) groups is 4. The molecule has 0 heterocycles. The number of Topliss-reactive ketones (excluding diaryl/α,β-unsaturated/α-hetero) is 3. The van der Waals surface area contributed by atoms with Gasteiger partial charge in [0.2, 0.25) is 0 Å². The van der Waals surface area contributed by atoms with E-state index in [0.29, 0.717) is 36.9 Å².